The molecule has 4 N–H and O–H groups in total. The van der Waals surface area contributed by atoms with Crippen LogP contribution < -0.4 is 10.6 Å². The fraction of sp³-hybridized carbons (Fsp3) is 0.680. The molecule has 34 heavy (non-hydrogen) atoms. The van der Waals surface area contributed by atoms with E-state index in [1.54, 1.807) is 12.1 Å². The number of aliphatic hydroxyl groups excluding tert-OH is 1. The van der Waals surface area contributed by atoms with E-state index >= 15 is 0 Å². The second kappa shape index (κ2) is 10.2. The topological polar surface area (TPSA) is 120 Å². The van der Waals surface area contributed by atoms with Crippen molar-refractivity contribution in [1.82, 2.24) is 15.2 Å². The van der Waals surface area contributed by atoms with Gasteiger partial charge in [0.2, 0.25) is 0 Å². The number of sulfone groups is 1. The monoisotopic (exact) mass is 487 g/mol. The number of rotatable bonds is 7. The van der Waals surface area contributed by atoms with Gasteiger partial charge in [-0.15, -0.1) is 0 Å². The van der Waals surface area contributed by atoms with Gasteiger partial charge >= 0.3 is 0 Å². The second-order valence-corrected chi connectivity index (χ2v) is 12.6. The third-order valence-corrected chi connectivity index (χ3v) is 10.1. The van der Waals surface area contributed by atoms with E-state index < -0.39 is 9.84 Å². The number of hydrogen-bond donors (Lipinski definition) is 4. The number of nitrogens with one attached hydrogen (secondary N) is 3. The van der Waals surface area contributed by atoms with Gasteiger partial charge in [0.25, 0.3) is 0 Å². The van der Waals surface area contributed by atoms with Gasteiger partial charge in [0.1, 0.15) is 11.6 Å². The molecule has 0 spiro atoms. The van der Waals surface area contributed by atoms with Gasteiger partial charge in [-0.1, -0.05) is 32.1 Å². The van der Waals surface area contributed by atoms with Crippen LogP contribution in [-0.2, 0) is 9.84 Å². The van der Waals surface area contributed by atoms with Crippen LogP contribution in [0.5, 0.6) is 0 Å². The highest BCUT2D eigenvalue weighted by molar-refractivity contribution is 7.92. The standard InChI is InChI=1S/C25H37N5O3S/c31-19-12-10-18(11-13-19)26-23-14-21(34(32,33)20-8-2-1-3-9-20)15-24(27-23)28-25-16-22(29-30-25)17-6-4-5-7-17/h14-20,31H,1-13H2,(H3,26,27,28,29,30). The highest BCUT2D eigenvalue weighted by Gasteiger charge is 2.30. The number of pyridine rings is 1. The van der Waals surface area contributed by atoms with Crippen molar-refractivity contribution >= 4 is 27.3 Å². The third-order valence-electron chi connectivity index (χ3n) is 7.82. The maximum Gasteiger partial charge on any atom is 0.181 e. The van der Waals surface area contributed by atoms with Gasteiger partial charge in [-0.2, -0.15) is 5.10 Å². The normalized spacial score (nSPS) is 24.9. The largest absolute Gasteiger partial charge is 0.393 e. The van der Waals surface area contributed by atoms with E-state index in [0.717, 1.165) is 63.5 Å². The van der Waals surface area contributed by atoms with Crippen LogP contribution in [0.1, 0.15) is 95.1 Å². The van der Waals surface area contributed by atoms with Crippen molar-refractivity contribution in [3.63, 3.8) is 0 Å². The van der Waals surface area contributed by atoms with Crippen molar-refractivity contribution in [2.45, 2.75) is 112 Å². The lowest BCUT2D eigenvalue weighted by molar-refractivity contribution is 0.126. The van der Waals surface area contributed by atoms with Gasteiger partial charge in [0, 0.05) is 23.7 Å². The molecule has 3 fully saturated rings. The van der Waals surface area contributed by atoms with Crippen molar-refractivity contribution in [2.24, 2.45) is 0 Å². The van der Waals surface area contributed by atoms with Gasteiger partial charge < -0.3 is 15.7 Å². The minimum Gasteiger partial charge on any atom is -0.393 e. The summed E-state index contributed by atoms with van der Waals surface area (Å²) in [6.07, 6.45) is 12.3. The molecule has 0 amide bonds. The number of aromatic nitrogens is 3. The summed E-state index contributed by atoms with van der Waals surface area (Å²) in [7, 11) is -3.44. The Balaban J connectivity index is 1.40. The molecule has 0 radical (unpaired) electrons. The van der Waals surface area contributed by atoms with Gasteiger partial charge in [-0.25, -0.2) is 13.4 Å². The molecule has 0 aliphatic heterocycles. The molecule has 0 saturated heterocycles. The molecule has 0 bridgehead atoms. The van der Waals surface area contributed by atoms with Crippen molar-refractivity contribution in [3.8, 4) is 0 Å². The second-order valence-electron chi connectivity index (χ2n) is 10.3. The van der Waals surface area contributed by atoms with Crippen LogP contribution >= 0.6 is 0 Å². The maximum atomic E-state index is 13.5. The smallest absolute Gasteiger partial charge is 0.181 e. The maximum absolute atomic E-state index is 13.5. The first-order chi connectivity index (χ1) is 16.5. The van der Waals surface area contributed by atoms with E-state index in [-0.39, 0.29) is 17.4 Å². The Morgan fingerprint density at radius 3 is 2.24 bits per heavy atom. The molecule has 3 saturated carbocycles. The molecule has 8 nitrogen and oxygen atoms in total. The Kier molecular flexibility index (Phi) is 7.11. The van der Waals surface area contributed by atoms with Crippen LogP contribution in [0.2, 0.25) is 0 Å². The van der Waals surface area contributed by atoms with Crippen molar-refractivity contribution < 1.29 is 13.5 Å². The summed E-state index contributed by atoms with van der Waals surface area (Å²) in [5.41, 5.74) is 1.13. The Morgan fingerprint density at radius 2 is 1.50 bits per heavy atom. The molecule has 186 valence electrons. The molecule has 0 atom stereocenters. The van der Waals surface area contributed by atoms with Gasteiger partial charge in [0.15, 0.2) is 15.7 Å². The van der Waals surface area contributed by atoms with Crippen LogP contribution in [-0.4, -0.2) is 46.1 Å². The minimum atomic E-state index is -3.44. The Labute approximate surface area is 202 Å². The molecule has 3 aliphatic rings. The molecular formula is C25H37N5O3S. The Morgan fingerprint density at radius 1 is 0.824 bits per heavy atom. The molecular weight excluding hydrogens is 450 g/mol. The lowest BCUT2D eigenvalue weighted by Crippen LogP contribution is -2.29. The third kappa shape index (κ3) is 5.40. The fourth-order valence-electron chi connectivity index (χ4n) is 5.78. The molecule has 3 aliphatic carbocycles. The number of H-pyrrole nitrogens is 1. The summed E-state index contributed by atoms with van der Waals surface area (Å²) in [6.45, 7) is 0. The summed E-state index contributed by atoms with van der Waals surface area (Å²) < 4.78 is 27.0. The highest BCUT2D eigenvalue weighted by atomic mass is 32.2. The minimum absolute atomic E-state index is 0.177. The van der Waals surface area contributed by atoms with Gasteiger partial charge in [-0.05, 0) is 63.5 Å². The van der Waals surface area contributed by atoms with E-state index in [2.05, 4.69) is 20.8 Å². The molecule has 2 heterocycles. The van der Waals surface area contributed by atoms with E-state index in [4.69, 9.17) is 4.98 Å². The number of anilines is 3. The Bertz CT molecular complexity index is 1070. The van der Waals surface area contributed by atoms with E-state index in [9.17, 15) is 13.5 Å². The van der Waals surface area contributed by atoms with Gasteiger partial charge in [0.05, 0.1) is 16.2 Å². The summed E-state index contributed by atoms with van der Waals surface area (Å²) in [5.74, 6) is 2.23. The van der Waals surface area contributed by atoms with Crippen molar-refractivity contribution in [2.75, 3.05) is 10.6 Å². The lowest BCUT2D eigenvalue weighted by Gasteiger charge is -2.27. The van der Waals surface area contributed by atoms with E-state index in [0.29, 0.717) is 28.3 Å². The van der Waals surface area contributed by atoms with E-state index in [1.165, 1.54) is 25.7 Å². The predicted molar refractivity (Wildman–Crippen MR) is 133 cm³/mol. The van der Waals surface area contributed by atoms with Crippen LogP contribution in [0.4, 0.5) is 17.5 Å². The van der Waals surface area contributed by atoms with Crippen molar-refractivity contribution in [1.29, 1.82) is 0 Å². The van der Waals surface area contributed by atoms with Gasteiger partial charge in [-0.3, -0.25) is 5.10 Å². The SMILES string of the molecule is O=S(=O)(c1cc(Nc2cc(C3CCCC3)[nH]n2)nc(NC2CCC(O)CC2)c1)C1CCCCC1. The Hall–Kier alpha value is -2.13. The summed E-state index contributed by atoms with van der Waals surface area (Å²) in [6, 6.07) is 5.55. The average Bonchev–Trinajstić information content (AvgIpc) is 3.53. The fourth-order valence-corrected chi connectivity index (χ4v) is 7.67. The van der Waals surface area contributed by atoms with E-state index in [1.807, 2.05) is 6.07 Å². The zero-order valence-corrected chi connectivity index (χ0v) is 20.6. The predicted octanol–water partition coefficient (Wildman–Crippen LogP) is 5.03. The molecule has 0 unspecified atom stereocenters. The van der Waals surface area contributed by atoms with Crippen LogP contribution in [0, 0.1) is 0 Å². The van der Waals surface area contributed by atoms with Crippen molar-refractivity contribution in [3.05, 3.63) is 23.9 Å². The first kappa shape index (κ1) is 23.6. The number of nitrogens with zero attached hydrogens (tertiary/aromatic N) is 2. The molecule has 2 aromatic rings. The zero-order valence-electron chi connectivity index (χ0n) is 19.8. The number of aliphatic hydroxyl groups is 1. The summed E-state index contributed by atoms with van der Waals surface area (Å²) in [4.78, 5) is 5.03. The quantitative estimate of drug-likeness (QED) is 0.432. The molecule has 9 heteroatoms. The first-order valence-electron chi connectivity index (χ1n) is 13.0. The lowest BCUT2D eigenvalue weighted by atomic mass is 9.93. The highest BCUT2D eigenvalue weighted by Crippen LogP contribution is 2.35. The number of aromatic amines is 1. The number of hydrogen-bond acceptors (Lipinski definition) is 7. The average molecular weight is 488 g/mol. The summed E-state index contributed by atoms with van der Waals surface area (Å²) >= 11 is 0. The van der Waals surface area contributed by atoms with Crippen LogP contribution in [0.25, 0.3) is 0 Å². The molecule has 0 aromatic carbocycles. The summed E-state index contributed by atoms with van der Waals surface area (Å²) in [5, 5.41) is 23.8. The van der Waals surface area contributed by atoms with Crippen LogP contribution in [0.15, 0.2) is 23.1 Å². The first-order valence-corrected chi connectivity index (χ1v) is 14.5. The molecule has 5 rings (SSSR count). The zero-order chi connectivity index (χ0) is 23.5. The van der Waals surface area contributed by atoms with Crippen LogP contribution in [0.3, 0.4) is 0 Å². The molecule has 2 aromatic heterocycles.